The van der Waals surface area contributed by atoms with Gasteiger partial charge in [0.15, 0.2) is 9.84 Å². The van der Waals surface area contributed by atoms with Crippen molar-refractivity contribution in [1.82, 2.24) is 9.62 Å². The highest BCUT2D eigenvalue weighted by atomic mass is 32.2. The van der Waals surface area contributed by atoms with Crippen molar-refractivity contribution in [3.63, 3.8) is 0 Å². The maximum Gasteiger partial charge on any atom is 0.215 e. The van der Waals surface area contributed by atoms with Gasteiger partial charge in [-0.3, -0.25) is 4.90 Å². The second-order valence-corrected chi connectivity index (χ2v) is 11.6. The monoisotopic (exact) mass is 364 g/mol. The van der Waals surface area contributed by atoms with E-state index < -0.39 is 25.1 Å². The third-order valence-corrected chi connectivity index (χ3v) is 9.60. The number of hydrogen-bond acceptors (Lipinski definition) is 5. The van der Waals surface area contributed by atoms with Crippen LogP contribution in [0.15, 0.2) is 0 Å². The summed E-state index contributed by atoms with van der Waals surface area (Å²) in [5, 5.41) is -0.771. The maximum atomic E-state index is 12.5. The fraction of sp³-hybridized carbons (Fsp3) is 1.00. The first-order valence-electron chi connectivity index (χ1n) is 8.77. The number of hydrogen-bond donors (Lipinski definition) is 1. The van der Waals surface area contributed by atoms with Gasteiger partial charge in [0, 0.05) is 12.1 Å². The largest absolute Gasteiger partial charge is 0.296 e. The quantitative estimate of drug-likeness (QED) is 0.783. The predicted octanol–water partition coefficient (Wildman–Crippen LogP) is 0.892. The Bertz CT molecular complexity index is 618. The average molecular weight is 365 g/mol. The van der Waals surface area contributed by atoms with Crippen LogP contribution in [0.5, 0.6) is 0 Å². The fourth-order valence-electron chi connectivity index (χ4n) is 4.36. The van der Waals surface area contributed by atoms with Gasteiger partial charge in [0.25, 0.3) is 0 Å². The number of sulfonamides is 1. The van der Waals surface area contributed by atoms with Crippen LogP contribution in [-0.4, -0.2) is 63.7 Å². The molecule has 23 heavy (non-hydrogen) atoms. The molecule has 2 aliphatic heterocycles. The topological polar surface area (TPSA) is 83.5 Å². The Morgan fingerprint density at radius 1 is 1.04 bits per heavy atom. The van der Waals surface area contributed by atoms with E-state index in [-0.39, 0.29) is 23.5 Å². The number of piperidine rings is 1. The molecule has 1 atom stereocenters. The van der Waals surface area contributed by atoms with E-state index in [0.717, 1.165) is 38.8 Å². The SMILES string of the molecule is O=S1(=O)CCC(S(=O)(=O)NCC2(N3CCCCC3)CCCC2)C1. The third kappa shape index (κ3) is 3.91. The molecule has 2 heterocycles. The van der Waals surface area contributed by atoms with Crippen LogP contribution >= 0.6 is 0 Å². The van der Waals surface area contributed by atoms with Crippen molar-refractivity contribution in [3.05, 3.63) is 0 Å². The lowest BCUT2D eigenvalue weighted by Crippen LogP contribution is -2.56. The summed E-state index contributed by atoms with van der Waals surface area (Å²) in [6, 6.07) is 0. The lowest BCUT2D eigenvalue weighted by atomic mass is 9.92. The average Bonchev–Trinajstić information content (AvgIpc) is 3.14. The molecule has 3 rings (SSSR count). The van der Waals surface area contributed by atoms with E-state index in [1.54, 1.807) is 0 Å². The highest BCUT2D eigenvalue weighted by Crippen LogP contribution is 2.36. The molecule has 3 fully saturated rings. The molecule has 1 aliphatic carbocycles. The summed E-state index contributed by atoms with van der Waals surface area (Å²) in [6.45, 7) is 2.55. The Hall–Kier alpha value is -0.180. The molecule has 8 heteroatoms. The molecule has 0 spiro atoms. The fourth-order valence-corrected chi connectivity index (χ4v) is 8.53. The lowest BCUT2D eigenvalue weighted by Gasteiger charge is -2.43. The molecular weight excluding hydrogens is 336 g/mol. The van der Waals surface area contributed by atoms with Crippen LogP contribution in [0, 0.1) is 0 Å². The summed E-state index contributed by atoms with van der Waals surface area (Å²) in [4.78, 5) is 2.48. The zero-order chi connectivity index (χ0) is 16.6. The standard InChI is InChI=1S/C15H28N2O4S2/c18-22(19)11-6-14(12-22)23(20,21)16-13-15(7-2-3-8-15)17-9-4-1-5-10-17/h14,16H,1-13H2. The highest BCUT2D eigenvalue weighted by molar-refractivity contribution is 7.95. The van der Waals surface area contributed by atoms with E-state index >= 15 is 0 Å². The summed E-state index contributed by atoms with van der Waals surface area (Å²) in [5.41, 5.74) is -0.0506. The Labute approximate surface area is 140 Å². The second kappa shape index (κ2) is 6.61. The normalized spacial score (nSPS) is 31.4. The first kappa shape index (κ1) is 17.6. The molecule has 1 saturated carbocycles. The van der Waals surface area contributed by atoms with Crippen molar-refractivity contribution in [2.75, 3.05) is 31.1 Å². The molecule has 0 amide bonds. The van der Waals surface area contributed by atoms with Gasteiger partial charge in [0.1, 0.15) is 0 Å². The van der Waals surface area contributed by atoms with E-state index in [4.69, 9.17) is 0 Å². The second-order valence-electron chi connectivity index (χ2n) is 7.37. The van der Waals surface area contributed by atoms with Gasteiger partial charge in [0.2, 0.25) is 10.0 Å². The molecule has 0 aromatic carbocycles. The molecule has 0 radical (unpaired) electrons. The molecular formula is C15H28N2O4S2. The van der Waals surface area contributed by atoms with Gasteiger partial charge in [-0.2, -0.15) is 0 Å². The molecule has 0 aromatic heterocycles. The minimum atomic E-state index is -3.55. The maximum absolute atomic E-state index is 12.5. The number of likely N-dealkylation sites (tertiary alicyclic amines) is 1. The molecule has 1 unspecified atom stereocenters. The van der Waals surface area contributed by atoms with Crippen LogP contribution < -0.4 is 4.72 Å². The zero-order valence-electron chi connectivity index (χ0n) is 13.7. The van der Waals surface area contributed by atoms with Gasteiger partial charge in [-0.05, 0) is 45.2 Å². The molecule has 6 nitrogen and oxygen atoms in total. The minimum absolute atomic E-state index is 0.00412. The summed E-state index contributed by atoms with van der Waals surface area (Å²) >= 11 is 0. The number of nitrogens with one attached hydrogen (secondary N) is 1. The van der Waals surface area contributed by atoms with E-state index in [2.05, 4.69) is 9.62 Å². The Morgan fingerprint density at radius 2 is 1.70 bits per heavy atom. The molecule has 1 N–H and O–H groups in total. The first-order valence-corrected chi connectivity index (χ1v) is 12.1. The summed E-state index contributed by atoms with van der Waals surface area (Å²) in [5.74, 6) is -0.227. The zero-order valence-corrected chi connectivity index (χ0v) is 15.3. The van der Waals surface area contributed by atoms with E-state index in [1.807, 2.05) is 0 Å². The Balaban J connectivity index is 1.67. The molecule has 3 aliphatic rings. The minimum Gasteiger partial charge on any atom is -0.296 e. The number of rotatable bonds is 5. The first-order chi connectivity index (χ1) is 10.8. The molecule has 134 valence electrons. The third-order valence-electron chi connectivity index (χ3n) is 5.79. The molecule has 0 aromatic rings. The molecule has 0 bridgehead atoms. The van der Waals surface area contributed by atoms with Gasteiger partial charge in [-0.25, -0.2) is 21.6 Å². The van der Waals surface area contributed by atoms with E-state index in [0.29, 0.717) is 6.54 Å². The van der Waals surface area contributed by atoms with Gasteiger partial charge in [-0.1, -0.05) is 19.3 Å². The van der Waals surface area contributed by atoms with Gasteiger partial charge in [0.05, 0.1) is 16.8 Å². The van der Waals surface area contributed by atoms with Gasteiger partial charge < -0.3 is 0 Å². The van der Waals surface area contributed by atoms with E-state index in [9.17, 15) is 16.8 Å². The summed E-state index contributed by atoms with van der Waals surface area (Å²) in [6.07, 6.45) is 8.25. The van der Waals surface area contributed by atoms with Crippen LogP contribution in [0.3, 0.4) is 0 Å². The lowest BCUT2D eigenvalue weighted by molar-refractivity contribution is 0.0743. The van der Waals surface area contributed by atoms with Crippen LogP contribution in [0.25, 0.3) is 0 Å². The summed E-state index contributed by atoms with van der Waals surface area (Å²) in [7, 11) is -6.73. The van der Waals surface area contributed by atoms with Gasteiger partial charge >= 0.3 is 0 Å². The van der Waals surface area contributed by atoms with Crippen molar-refractivity contribution in [3.8, 4) is 0 Å². The smallest absolute Gasteiger partial charge is 0.215 e. The van der Waals surface area contributed by atoms with E-state index in [1.165, 1.54) is 19.3 Å². The molecule has 2 saturated heterocycles. The van der Waals surface area contributed by atoms with Crippen LogP contribution in [0.4, 0.5) is 0 Å². The highest BCUT2D eigenvalue weighted by Gasteiger charge is 2.43. The Morgan fingerprint density at radius 3 is 2.26 bits per heavy atom. The van der Waals surface area contributed by atoms with Crippen LogP contribution in [0.2, 0.25) is 0 Å². The van der Waals surface area contributed by atoms with Crippen LogP contribution in [-0.2, 0) is 19.9 Å². The Kier molecular flexibility index (Phi) is 5.07. The van der Waals surface area contributed by atoms with Crippen LogP contribution in [0.1, 0.15) is 51.4 Å². The van der Waals surface area contributed by atoms with Crippen molar-refractivity contribution in [2.45, 2.75) is 62.2 Å². The van der Waals surface area contributed by atoms with Crippen molar-refractivity contribution < 1.29 is 16.8 Å². The summed E-state index contributed by atoms with van der Waals surface area (Å²) < 4.78 is 50.9. The van der Waals surface area contributed by atoms with Crippen molar-refractivity contribution >= 4 is 19.9 Å². The van der Waals surface area contributed by atoms with Crippen molar-refractivity contribution in [1.29, 1.82) is 0 Å². The van der Waals surface area contributed by atoms with Crippen molar-refractivity contribution in [2.24, 2.45) is 0 Å². The number of sulfone groups is 1. The number of nitrogens with zero attached hydrogens (tertiary/aromatic N) is 1. The van der Waals surface area contributed by atoms with Gasteiger partial charge in [-0.15, -0.1) is 0 Å². The predicted molar refractivity (Wildman–Crippen MR) is 90.6 cm³/mol.